The Labute approximate surface area is 152 Å². The summed E-state index contributed by atoms with van der Waals surface area (Å²) in [4.78, 5) is 25.3. The van der Waals surface area contributed by atoms with Crippen LogP contribution in [-0.4, -0.2) is 29.2 Å². The summed E-state index contributed by atoms with van der Waals surface area (Å²) in [6.07, 6.45) is 1.59. The molecule has 0 fully saturated rings. The zero-order valence-electron chi connectivity index (χ0n) is 15.1. The van der Waals surface area contributed by atoms with Gasteiger partial charge in [-0.15, -0.1) is 0 Å². The molecule has 0 aliphatic carbocycles. The van der Waals surface area contributed by atoms with Crippen molar-refractivity contribution in [1.82, 2.24) is 15.3 Å². The Balaban J connectivity index is 1.79. The molecule has 3 rings (SSSR count). The number of hydrogen-bond acceptors (Lipinski definition) is 4. The Morgan fingerprint density at radius 1 is 1.19 bits per heavy atom. The van der Waals surface area contributed by atoms with Gasteiger partial charge in [0.2, 0.25) is 0 Å². The smallest absolute Gasteiger partial charge is 0.251 e. The van der Waals surface area contributed by atoms with Gasteiger partial charge in [0, 0.05) is 5.56 Å². The summed E-state index contributed by atoms with van der Waals surface area (Å²) < 4.78 is 0. The highest BCUT2D eigenvalue weighted by molar-refractivity contribution is 5.95. The first-order valence-electron chi connectivity index (χ1n) is 8.50. The molecule has 3 aromatic rings. The molecule has 1 amide bonds. The lowest BCUT2D eigenvalue weighted by atomic mass is 10.0. The zero-order valence-corrected chi connectivity index (χ0v) is 15.1. The quantitative estimate of drug-likeness (QED) is 0.526. The van der Waals surface area contributed by atoms with Crippen molar-refractivity contribution in [2.45, 2.75) is 19.9 Å². The molecule has 2 aromatic carbocycles. The van der Waals surface area contributed by atoms with Gasteiger partial charge in [0.1, 0.15) is 12.9 Å². The normalized spacial score (nSPS) is 12.6. The van der Waals surface area contributed by atoms with Gasteiger partial charge in [0.25, 0.3) is 5.91 Å². The molecule has 2 N–H and O–H groups in total. The van der Waals surface area contributed by atoms with Crippen molar-refractivity contribution < 1.29 is 9.63 Å². The molecule has 0 aliphatic rings. The van der Waals surface area contributed by atoms with Crippen LogP contribution in [0.2, 0.25) is 0 Å². The van der Waals surface area contributed by atoms with Crippen molar-refractivity contribution in [3.63, 3.8) is 0 Å². The lowest BCUT2D eigenvalue weighted by Gasteiger charge is -2.20. The van der Waals surface area contributed by atoms with Crippen LogP contribution in [0, 0.1) is 5.92 Å². The number of carbonyl (C=O) groups excluding carboxylic acids is 1. The van der Waals surface area contributed by atoms with Crippen LogP contribution in [0.5, 0.6) is 0 Å². The molecule has 1 aromatic heterocycles. The van der Waals surface area contributed by atoms with Crippen LogP contribution in [0.4, 0.5) is 0 Å². The molecular weight excluding hydrogens is 328 g/mol. The SMILES string of the molecule is CO/N=C/c1ccc(C(=O)NC(c2nc3ccccc3[nH]2)C(C)C)cc1. The van der Waals surface area contributed by atoms with Crippen LogP contribution in [0.1, 0.15) is 41.6 Å². The first-order valence-corrected chi connectivity index (χ1v) is 8.50. The maximum Gasteiger partial charge on any atom is 0.251 e. The number of carbonyl (C=O) groups is 1. The van der Waals surface area contributed by atoms with Crippen LogP contribution in [0.25, 0.3) is 11.0 Å². The van der Waals surface area contributed by atoms with Crippen LogP contribution in [-0.2, 0) is 4.84 Å². The number of fused-ring (bicyclic) bond motifs is 1. The second-order valence-corrected chi connectivity index (χ2v) is 6.37. The Kier molecular flexibility index (Phi) is 5.31. The maximum atomic E-state index is 12.7. The van der Waals surface area contributed by atoms with E-state index in [1.54, 1.807) is 18.3 Å². The fourth-order valence-electron chi connectivity index (χ4n) is 2.73. The van der Waals surface area contributed by atoms with E-state index in [1.807, 2.05) is 36.4 Å². The van der Waals surface area contributed by atoms with Crippen molar-refractivity contribution in [3.05, 3.63) is 65.5 Å². The largest absolute Gasteiger partial charge is 0.399 e. The fraction of sp³-hybridized carbons (Fsp3) is 0.250. The summed E-state index contributed by atoms with van der Waals surface area (Å²) in [5, 5.41) is 6.79. The van der Waals surface area contributed by atoms with Gasteiger partial charge >= 0.3 is 0 Å². The average Bonchev–Trinajstić information content (AvgIpc) is 3.08. The van der Waals surface area contributed by atoms with Gasteiger partial charge < -0.3 is 15.1 Å². The van der Waals surface area contributed by atoms with E-state index in [0.29, 0.717) is 5.56 Å². The van der Waals surface area contributed by atoms with E-state index >= 15 is 0 Å². The second-order valence-electron chi connectivity index (χ2n) is 6.37. The van der Waals surface area contributed by atoms with Gasteiger partial charge in [-0.1, -0.05) is 43.3 Å². The first-order chi connectivity index (χ1) is 12.6. The average molecular weight is 350 g/mol. The molecule has 1 atom stereocenters. The van der Waals surface area contributed by atoms with Crippen molar-refractivity contribution in [2.75, 3.05) is 7.11 Å². The molecule has 6 heteroatoms. The summed E-state index contributed by atoms with van der Waals surface area (Å²) in [5.41, 5.74) is 3.30. The van der Waals surface area contributed by atoms with Crippen LogP contribution >= 0.6 is 0 Å². The number of aromatic nitrogens is 2. The number of nitrogens with zero attached hydrogens (tertiary/aromatic N) is 2. The summed E-state index contributed by atoms with van der Waals surface area (Å²) >= 11 is 0. The molecular formula is C20H22N4O2. The molecule has 1 unspecified atom stereocenters. The number of rotatable bonds is 6. The highest BCUT2D eigenvalue weighted by Gasteiger charge is 2.22. The van der Waals surface area contributed by atoms with Crippen molar-refractivity contribution in [1.29, 1.82) is 0 Å². The Morgan fingerprint density at radius 3 is 2.58 bits per heavy atom. The van der Waals surface area contributed by atoms with Gasteiger partial charge in [0.05, 0.1) is 23.3 Å². The monoisotopic (exact) mass is 350 g/mol. The predicted octanol–water partition coefficient (Wildman–Crippen LogP) is 3.67. The molecule has 1 heterocycles. The molecule has 0 bridgehead atoms. The minimum absolute atomic E-state index is 0.139. The number of hydrogen-bond donors (Lipinski definition) is 2. The maximum absolute atomic E-state index is 12.7. The zero-order chi connectivity index (χ0) is 18.5. The van der Waals surface area contributed by atoms with E-state index in [9.17, 15) is 4.79 Å². The Bertz CT molecular complexity index is 880. The number of nitrogens with one attached hydrogen (secondary N) is 2. The molecule has 0 spiro atoms. The standard InChI is InChI=1S/C20H22N4O2/c1-13(2)18(19-22-16-6-4-5-7-17(16)23-19)24-20(25)15-10-8-14(9-11-15)12-21-26-3/h4-13,18H,1-3H3,(H,22,23)(H,24,25)/b21-12+. The number of para-hydroxylation sites is 2. The predicted molar refractivity (Wildman–Crippen MR) is 102 cm³/mol. The third kappa shape index (κ3) is 3.91. The van der Waals surface area contributed by atoms with Gasteiger partial charge in [-0.05, 0) is 35.7 Å². The van der Waals surface area contributed by atoms with Crippen molar-refractivity contribution >= 4 is 23.2 Å². The molecule has 6 nitrogen and oxygen atoms in total. The van der Waals surface area contributed by atoms with E-state index in [-0.39, 0.29) is 17.9 Å². The fourth-order valence-corrected chi connectivity index (χ4v) is 2.73. The Morgan fingerprint density at radius 2 is 1.92 bits per heavy atom. The van der Waals surface area contributed by atoms with E-state index in [1.165, 1.54) is 7.11 Å². The van der Waals surface area contributed by atoms with Crippen molar-refractivity contribution in [3.8, 4) is 0 Å². The summed E-state index contributed by atoms with van der Waals surface area (Å²) in [6.45, 7) is 4.12. The third-order valence-corrected chi connectivity index (χ3v) is 4.14. The molecule has 0 aliphatic heterocycles. The van der Waals surface area contributed by atoms with Gasteiger partial charge in [-0.25, -0.2) is 4.98 Å². The summed E-state index contributed by atoms with van der Waals surface area (Å²) in [7, 11) is 1.49. The second kappa shape index (κ2) is 7.82. The minimum atomic E-state index is -0.204. The van der Waals surface area contributed by atoms with Crippen molar-refractivity contribution in [2.24, 2.45) is 11.1 Å². The number of benzene rings is 2. The van der Waals surface area contributed by atoms with Gasteiger partial charge in [0.15, 0.2) is 0 Å². The van der Waals surface area contributed by atoms with E-state index in [2.05, 4.69) is 39.1 Å². The number of oxime groups is 1. The third-order valence-electron chi connectivity index (χ3n) is 4.14. The van der Waals surface area contributed by atoms with E-state index < -0.39 is 0 Å². The van der Waals surface area contributed by atoms with Crippen LogP contribution in [0.15, 0.2) is 53.7 Å². The molecule has 0 saturated heterocycles. The topological polar surface area (TPSA) is 79.4 Å². The Hall–Kier alpha value is -3.15. The molecule has 0 saturated carbocycles. The molecule has 0 radical (unpaired) electrons. The van der Waals surface area contributed by atoms with Gasteiger partial charge in [-0.2, -0.15) is 0 Å². The lowest BCUT2D eigenvalue weighted by Crippen LogP contribution is -2.32. The number of aromatic amines is 1. The van der Waals surface area contributed by atoms with Gasteiger partial charge in [-0.3, -0.25) is 4.79 Å². The number of H-pyrrole nitrogens is 1. The number of imidazole rings is 1. The highest BCUT2D eigenvalue weighted by atomic mass is 16.6. The molecule has 134 valence electrons. The van der Waals surface area contributed by atoms with Crippen LogP contribution in [0.3, 0.4) is 0 Å². The summed E-state index contributed by atoms with van der Waals surface area (Å²) in [6, 6.07) is 14.8. The van der Waals surface area contributed by atoms with E-state index in [0.717, 1.165) is 22.4 Å². The lowest BCUT2D eigenvalue weighted by molar-refractivity contribution is 0.0923. The van der Waals surface area contributed by atoms with E-state index in [4.69, 9.17) is 0 Å². The summed E-state index contributed by atoms with van der Waals surface area (Å²) in [5.74, 6) is 0.811. The first kappa shape index (κ1) is 17.7. The number of amides is 1. The minimum Gasteiger partial charge on any atom is -0.399 e. The molecule has 26 heavy (non-hydrogen) atoms. The van der Waals surface area contributed by atoms with Crippen LogP contribution < -0.4 is 5.32 Å². The highest BCUT2D eigenvalue weighted by Crippen LogP contribution is 2.22.